The van der Waals surface area contributed by atoms with Gasteiger partial charge in [0.1, 0.15) is 0 Å². The van der Waals surface area contributed by atoms with E-state index in [1.54, 1.807) is 24.3 Å². The lowest BCUT2D eigenvalue weighted by atomic mass is 9.70. The minimum Gasteiger partial charge on any atom is -0.311 e. The molecule has 1 spiro atoms. The zero-order valence-corrected chi connectivity index (χ0v) is 30.0. The van der Waals surface area contributed by atoms with Crippen molar-refractivity contribution in [2.24, 2.45) is 0 Å². The van der Waals surface area contributed by atoms with Crippen LogP contribution in [0.15, 0.2) is 224 Å². The normalized spacial score (nSPS) is 15.3. The molecular weight excluding hydrogens is 675 g/mol. The van der Waals surface area contributed by atoms with E-state index in [9.17, 15) is 0 Å². The van der Waals surface area contributed by atoms with Crippen LogP contribution >= 0.6 is 0 Å². The Morgan fingerprint density at radius 2 is 0.643 bits per heavy atom. The van der Waals surface area contributed by atoms with Crippen molar-refractivity contribution in [3.63, 3.8) is 0 Å². The number of fused-ring (bicyclic) bond motifs is 10. The van der Waals surface area contributed by atoms with Gasteiger partial charge in [-0.25, -0.2) is 0 Å². The molecule has 0 amide bonds. The van der Waals surface area contributed by atoms with E-state index in [0.717, 1.165) is 16.8 Å². The molecule has 1 nitrogen and oxygen atoms in total. The predicted molar refractivity (Wildman–Crippen MR) is 234 cm³/mol. The maximum atomic E-state index is 8.57. The summed E-state index contributed by atoms with van der Waals surface area (Å²) in [5.74, 6) is 0. The SMILES string of the molecule is [2H]c1c([2H])c([2H])c(-c2ccc(N(c3ccc(-c4ccc5c(c4)C4(c6ccccc6-c6ccccc64)c4ccccc4-5)cc3)c3ccc(-c4c([2H])c([2H])c([2H])c([2H])c4[2H])cc3)cc2)c([2H])c1[2H]. The molecule has 0 atom stereocenters. The first-order valence-electron chi connectivity index (χ1n) is 23.6. The van der Waals surface area contributed by atoms with Crippen molar-refractivity contribution >= 4 is 17.1 Å². The van der Waals surface area contributed by atoms with Crippen molar-refractivity contribution in [2.75, 3.05) is 4.90 Å². The first-order chi connectivity index (χ1) is 31.9. The molecule has 1 heteroatoms. The van der Waals surface area contributed by atoms with Gasteiger partial charge in [0.05, 0.1) is 19.1 Å². The molecule has 0 fully saturated rings. The number of nitrogens with zero attached hydrogens (tertiary/aromatic N) is 1. The summed E-state index contributed by atoms with van der Waals surface area (Å²) in [5.41, 5.74) is 15.0. The third-order valence-corrected chi connectivity index (χ3v) is 11.3. The van der Waals surface area contributed by atoms with Crippen molar-refractivity contribution in [1.82, 2.24) is 0 Å². The zero-order chi connectivity index (χ0) is 45.8. The van der Waals surface area contributed by atoms with E-state index in [4.69, 9.17) is 13.7 Å². The third-order valence-electron chi connectivity index (χ3n) is 11.3. The summed E-state index contributed by atoms with van der Waals surface area (Å²) < 4.78 is 83.4. The smallest absolute Gasteiger partial charge is 0.0725 e. The fraction of sp³-hybridized carbons (Fsp3) is 0.0182. The van der Waals surface area contributed by atoms with Gasteiger partial charge >= 0.3 is 0 Å². The molecule has 0 saturated heterocycles. The molecule has 9 aromatic rings. The van der Waals surface area contributed by atoms with Crippen molar-refractivity contribution in [2.45, 2.75) is 5.41 Å². The van der Waals surface area contributed by atoms with Crippen LogP contribution in [0, 0.1) is 0 Å². The fourth-order valence-corrected chi connectivity index (χ4v) is 8.87. The first-order valence-corrected chi connectivity index (χ1v) is 18.6. The Morgan fingerprint density at radius 1 is 0.304 bits per heavy atom. The summed E-state index contributed by atoms with van der Waals surface area (Å²) in [6.45, 7) is 0. The Balaban J connectivity index is 1.02. The van der Waals surface area contributed by atoms with Crippen LogP contribution in [-0.2, 0) is 5.41 Å². The second kappa shape index (κ2) is 13.0. The van der Waals surface area contributed by atoms with Crippen molar-refractivity contribution < 1.29 is 13.7 Å². The third kappa shape index (κ3) is 4.95. The van der Waals surface area contributed by atoms with E-state index in [2.05, 4.69) is 103 Å². The average molecular weight is 722 g/mol. The lowest BCUT2D eigenvalue weighted by molar-refractivity contribution is 0.794. The first kappa shape index (κ1) is 23.5. The predicted octanol–water partition coefficient (Wildman–Crippen LogP) is 14.5. The van der Waals surface area contributed by atoms with E-state index >= 15 is 0 Å². The maximum absolute atomic E-state index is 8.57. The van der Waals surface area contributed by atoms with Crippen LogP contribution in [0.25, 0.3) is 55.6 Å². The lowest BCUT2D eigenvalue weighted by Gasteiger charge is -2.30. The molecule has 0 bridgehead atoms. The monoisotopic (exact) mass is 721 g/mol. The summed E-state index contributed by atoms with van der Waals surface area (Å²) in [6.07, 6.45) is 0. The molecule has 0 unspecified atom stereocenters. The highest BCUT2D eigenvalue weighted by Gasteiger charge is 2.51. The fourth-order valence-electron chi connectivity index (χ4n) is 8.87. The molecule has 2 aliphatic rings. The van der Waals surface area contributed by atoms with Crippen LogP contribution in [-0.4, -0.2) is 0 Å². The quantitative estimate of drug-likeness (QED) is 0.165. The lowest BCUT2D eigenvalue weighted by Crippen LogP contribution is -2.25. The summed E-state index contributed by atoms with van der Waals surface area (Å²) in [7, 11) is 0. The Morgan fingerprint density at radius 3 is 1.05 bits per heavy atom. The van der Waals surface area contributed by atoms with Gasteiger partial charge in [-0.05, 0) is 120 Å². The number of rotatable bonds is 6. The molecule has 9 aromatic carbocycles. The van der Waals surface area contributed by atoms with E-state index < -0.39 is 41.7 Å². The molecule has 262 valence electrons. The standard InChI is InChI=1S/C55H37N/c1-3-13-38(14-4-1)40-23-30-44(31-24-40)56(45-32-25-41(26-33-45)39-15-5-2-6-16-39)46-34-27-42(28-35-46)43-29-36-50-49-19-9-12-22-53(49)55(54(50)37-43)51-20-10-7-17-47(51)48-18-8-11-21-52(48)55/h1-37H/i1D,2D,3D,4D,5D,6D,13D,14D,15D,16D. The van der Waals surface area contributed by atoms with Gasteiger partial charge in [0, 0.05) is 17.1 Å². The Bertz CT molecular complexity index is 3240. The second-order valence-electron chi connectivity index (χ2n) is 14.1. The van der Waals surface area contributed by atoms with Crippen LogP contribution in [0.3, 0.4) is 0 Å². The van der Waals surface area contributed by atoms with Crippen LogP contribution in [0.1, 0.15) is 36.0 Å². The highest BCUT2D eigenvalue weighted by Crippen LogP contribution is 2.63. The molecule has 2 aliphatic carbocycles. The number of hydrogen-bond donors (Lipinski definition) is 0. The Labute approximate surface area is 342 Å². The highest BCUT2D eigenvalue weighted by atomic mass is 15.1. The van der Waals surface area contributed by atoms with Gasteiger partial charge in [0.15, 0.2) is 0 Å². The molecular formula is C55H37N. The van der Waals surface area contributed by atoms with Gasteiger partial charge in [-0.2, -0.15) is 0 Å². The summed E-state index contributed by atoms with van der Waals surface area (Å²) in [5, 5.41) is 0. The summed E-state index contributed by atoms with van der Waals surface area (Å²) >= 11 is 0. The van der Waals surface area contributed by atoms with E-state index in [1.807, 2.05) is 41.3 Å². The average Bonchev–Trinajstić information content (AvgIpc) is 3.82. The highest BCUT2D eigenvalue weighted by molar-refractivity contribution is 5.96. The Hall–Kier alpha value is -7.22. The van der Waals surface area contributed by atoms with Crippen LogP contribution in [0.5, 0.6) is 0 Å². The van der Waals surface area contributed by atoms with Crippen LogP contribution < -0.4 is 4.90 Å². The van der Waals surface area contributed by atoms with E-state index in [0.29, 0.717) is 22.5 Å². The van der Waals surface area contributed by atoms with Gasteiger partial charge in [0.2, 0.25) is 0 Å². The van der Waals surface area contributed by atoms with Gasteiger partial charge in [0.25, 0.3) is 0 Å². The number of benzene rings is 9. The molecule has 0 N–H and O–H groups in total. The molecule has 0 aliphatic heterocycles. The molecule has 11 rings (SSSR count). The van der Waals surface area contributed by atoms with Gasteiger partial charge in [-0.1, -0.05) is 182 Å². The van der Waals surface area contributed by atoms with Gasteiger partial charge < -0.3 is 4.90 Å². The second-order valence-corrected chi connectivity index (χ2v) is 14.1. The van der Waals surface area contributed by atoms with Crippen molar-refractivity contribution in [3.8, 4) is 55.6 Å². The van der Waals surface area contributed by atoms with Crippen molar-refractivity contribution in [1.29, 1.82) is 0 Å². The molecule has 0 aromatic heterocycles. The van der Waals surface area contributed by atoms with Crippen molar-refractivity contribution in [3.05, 3.63) is 246 Å². The van der Waals surface area contributed by atoms with E-state index in [1.165, 1.54) is 44.5 Å². The van der Waals surface area contributed by atoms with Gasteiger partial charge in [-0.3, -0.25) is 0 Å². The maximum Gasteiger partial charge on any atom is 0.0725 e. The molecule has 56 heavy (non-hydrogen) atoms. The van der Waals surface area contributed by atoms with Crippen LogP contribution in [0.2, 0.25) is 0 Å². The minimum atomic E-state index is -0.478. The summed E-state index contributed by atoms with van der Waals surface area (Å²) in [6, 6.07) is 51.9. The molecule has 0 heterocycles. The number of hydrogen-bond acceptors (Lipinski definition) is 1. The topological polar surface area (TPSA) is 3.24 Å². The number of anilines is 3. The molecule has 0 saturated carbocycles. The largest absolute Gasteiger partial charge is 0.311 e. The van der Waals surface area contributed by atoms with Gasteiger partial charge in [-0.15, -0.1) is 0 Å². The molecule has 0 radical (unpaired) electrons. The summed E-state index contributed by atoms with van der Waals surface area (Å²) in [4.78, 5) is 2.02. The van der Waals surface area contributed by atoms with Crippen LogP contribution in [0.4, 0.5) is 17.1 Å². The minimum absolute atomic E-state index is 0.107. The Kier molecular flexibility index (Phi) is 5.45. The van der Waals surface area contributed by atoms with E-state index in [-0.39, 0.29) is 35.3 Å². The zero-order valence-electron chi connectivity index (χ0n) is 40.0.